The lowest BCUT2D eigenvalue weighted by molar-refractivity contribution is -0.164. The van der Waals surface area contributed by atoms with E-state index in [9.17, 15) is 33.2 Å². The van der Waals surface area contributed by atoms with Crippen molar-refractivity contribution >= 4 is 40.9 Å². The Balaban J connectivity index is 0.863. The Bertz CT molecular complexity index is 2140. The van der Waals surface area contributed by atoms with Crippen LogP contribution in [0.25, 0.3) is 0 Å². The first kappa shape index (κ1) is 40.9. The second kappa shape index (κ2) is 15.5. The molecule has 3 heterocycles. The molecule has 1 aliphatic carbocycles. The van der Waals surface area contributed by atoms with Gasteiger partial charge in [-0.1, -0.05) is 39.3 Å². The van der Waals surface area contributed by atoms with E-state index in [0.29, 0.717) is 40.8 Å². The number of nitrogens with zero attached hydrogens (tertiary/aromatic N) is 4. The fourth-order valence-corrected chi connectivity index (χ4v) is 9.40. The van der Waals surface area contributed by atoms with Gasteiger partial charge in [-0.15, -0.1) is 0 Å². The topological polar surface area (TPSA) is 144 Å². The average molecular weight is 817 g/mol. The second-order valence-corrected chi connectivity index (χ2v) is 17.2. The number of ether oxygens (including phenoxy) is 2. The van der Waals surface area contributed by atoms with E-state index in [1.165, 1.54) is 12.1 Å². The zero-order chi connectivity index (χ0) is 41.7. The number of hydrogen-bond acceptors (Lipinski definition) is 9. The Hall–Kier alpha value is -5.26. The number of imide groups is 1. The predicted molar refractivity (Wildman–Crippen MR) is 213 cm³/mol. The van der Waals surface area contributed by atoms with Crippen molar-refractivity contribution in [3.8, 4) is 17.6 Å². The van der Waals surface area contributed by atoms with Crippen molar-refractivity contribution in [1.82, 2.24) is 20.4 Å². The highest BCUT2D eigenvalue weighted by Crippen LogP contribution is 2.55. The lowest BCUT2D eigenvalue weighted by atomic mass is 9.49. The van der Waals surface area contributed by atoms with E-state index in [0.717, 1.165) is 43.7 Å². The smallest absolute Gasteiger partial charge is 0.265 e. The summed E-state index contributed by atoms with van der Waals surface area (Å²) < 4.78 is 39.9. The summed E-state index contributed by atoms with van der Waals surface area (Å²) >= 11 is 6.23. The van der Waals surface area contributed by atoms with Gasteiger partial charge in [-0.05, 0) is 67.4 Å². The lowest BCUT2D eigenvalue weighted by Crippen LogP contribution is -2.74. The number of carbonyl (C=O) groups is 4. The molecule has 7 rings (SSSR count). The number of amides is 4. The number of carbonyl (C=O) groups excluding carboxylic acids is 4. The molecule has 1 saturated carbocycles. The maximum absolute atomic E-state index is 13.8. The monoisotopic (exact) mass is 816 g/mol. The van der Waals surface area contributed by atoms with Crippen molar-refractivity contribution < 1.29 is 37.4 Å². The van der Waals surface area contributed by atoms with Crippen LogP contribution in [0.5, 0.6) is 11.5 Å². The number of nitrogens with one attached hydrogen (secondary N) is 2. The molecule has 0 aromatic heterocycles. The van der Waals surface area contributed by atoms with Gasteiger partial charge in [0.25, 0.3) is 23.6 Å². The Labute approximate surface area is 341 Å². The highest BCUT2D eigenvalue weighted by atomic mass is 35.5. The van der Waals surface area contributed by atoms with Crippen molar-refractivity contribution in [1.29, 1.82) is 5.26 Å². The number of fused-ring (bicyclic) bond motifs is 1. The van der Waals surface area contributed by atoms with E-state index < -0.39 is 35.7 Å². The first-order valence-electron chi connectivity index (χ1n) is 19.5. The van der Waals surface area contributed by atoms with Gasteiger partial charge in [0, 0.05) is 73.8 Å². The van der Waals surface area contributed by atoms with Crippen molar-refractivity contribution in [2.75, 3.05) is 44.2 Å². The van der Waals surface area contributed by atoms with Gasteiger partial charge >= 0.3 is 0 Å². The van der Waals surface area contributed by atoms with Crippen LogP contribution in [0.2, 0.25) is 5.02 Å². The lowest BCUT2D eigenvalue weighted by Gasteiger charge is -2.63. The van der Waals surface area contributed by atoms with Crippen LogP contribution >= 0.6 is 11.6 Å². The van der Waals surface area contributed by atoms with Crippen molar-refractivity contribution in [3.05, 3.63) is 87.9 Å². The number of hydrogen-bond donors (Lipinski definition) is 2. The fourth-order valence-electron chi connectivity index (χ4n) is 9.19. The van der Waals surface area contributed by atoms with Gasteiger partial charge < -0.3 is 25.0 Å². The van der Waals surface area contributed by atoms with Gasteiger partial charge in [0.05, 0.1) is 27.8 Å². The predicted octanol–water partition coefficient (Wildman–Crippen LogP) is 5.92. The molecule has 0 bridgehead atoms. The zero-order valence-corrected chi connectivity index (χ0v) is 33.9. The Kier molecular flexibility index (Phi) is 10.9. The maximum Gasteiger partial charge on any atom is 0.265 e. The molecule has 12 nitrogen and oxygen atoms in total. The van der Waals surface area contributed by atoms with Gasteiger partial charge in [-0.3, -0.25) is 29.0 Å². The minimum atomic E-state index is -3.11. The number of anilines is 1. The number of nitriles is 1. The van der Waals surface area contributed by atoms with Crippen LogP contribution in [0.1, 0.15) is 84.1 Å². The van der Waals surface area contributed by atoms with Crippen LogP contribution in [0, 0.1) is 22.2 Å². The fraction of sp³-hybridized carbons (Fsp3) is 0.465. The molecule has 2 unspecified atom stereocenters. The summed E-state index contributed by atoms with van der Waals surface area (Å²) in [5.74, 6) is -4.32. The molecule has 306 valence electrons. The molecule has 3 aromatic rings. The molecule has 4 aliphatic rings. The molecular weight excluding hydrogens is 770 g/mol. The highest BCUT2D eigenvalue weighted by molar-refractivity contribution is 6.31. The van der Waals surface area contributed by atoms with E-state index in [2.05, 4.69) is 54.2 Å². The van der Waals surface area contributed by atoms with Crippen LogP contribution < -0.4 is 25.0 Å². The SMILES string of the molecule is CC(F)(F)C1CCC(N2C(=O)c3ccc(OCCN4CCN(c5ccc(C(=O)N[C@H]6C(C)(C)[C@H](Oc7ccc(C#N)c(Cl)c7)C6(C)C)cc5)CC4)cc3C2=O)C(=O)N1. The molecule has 58 heavy (non-hydrogen) atoms. The summed E-state index contributed by atoms with van der Waals surface area (Å²) in [6.07, 6.45) is -0.305. The molecule has 4 amide bonds. The Morgan fingerprint density at radius 1 is 0.931 bits per heavy atom. The molecule has 0 radical (unpaired) electrons. The first-order chi connectivity index (χ1) is 27.4. The van der Waals surface area contributed by atoms with Crippen LogP contribution in [-0.2, 0) is 4.79 Å². The Morgan fingerprint density at radius 2 is 1.59 bits per heavy atom. The van der Waals surface area contributed by atoms with Crippen LogP contribution in [0.4, 0.5) is 14.5 Å². The van der Waals surface area contributed by atoms with E-state index in [-0.39, 0.29) is 52.9 Å². The molecule has 2 N–H and O–H groups in total. The third-order valence-corrected chi connectivity index (χ3v) is 12.4. The molecule has 0 spiro atoms. The first-order valence-corrected chi connectivity index (χ1v) is 19.9. The zero-order valence-electron chi connectivity index (χ0n) is 33.1. The standard InChI is InChI=1S/C43H47ClF2N6O6/c1-41(2)39(42(3,4)40(41)58-29-11-8-26(24-47)32(44)23-29)49-35(53)25-6-9-27(10-7-25)51-18-16-50(17-19-51)20-21-57-28-12-13-30-31(22-28)38(56)52(37(30)55)33-14-15-34(43(5,45)46)48-36(33)54/h6-13,22-23,33-34,39-40H,14-21H2,1-5H3,(H,48,54)(H,49,53)/t33?,34?,39-,40-. The van der Waals surface area contributed by atoms with E-state index >= 15 is 0 Å². The number of rotatable bonds is 11. The summed E-state index contributed by atoms with van der Waals surface area (Å²) in [6.45, 7) is 13.1. The minimum absolute atomic E-state index is 0.0412. The van der Waals surface area contributed by atoms with Crippen molar-refractivity contribution in [2.24, 2.45) is 10.8 Å². The van der Waals surface area contributed by atoms with Crippen LogP contribution in [0.3, 0.4) is 0 Å². The Morgan fingerprint density at radius 3 is 2.21 bits per heavy atom. The summed E-state index contributed by atoms with van der Waals surface area (Å²) in [7, 11) is 0. The number of halogens is 3. The molecule has 2 atom stereocenters. The summed E-state index contributed by atoms with van der Waals surface area (Å²) in [4.78, 5) is 57.9. The number of piperazine rings is 1. The molecular formula is C43H47ClF2N6O6. The number of piperidine rings is 1. The van der Waals surface area contributed by atoms with E-state index in [1.807, 2.05) is 24.3 Å². The van der Waals surface area contributed by atoms with Crippen LogP contribution in [0.15, 0.2) is 60.7 Å². The normalized spacial score (nSPS) is 24.0. The minimum Gasteiger partial charge on any atom is -0.492 e. The largest absolute Gasteiger partial charge is 0.492 e. The second-order valence-electron chi connectivity index (χ2n) is 16.8. The number of alkyl halides is 2. The number of benzene rings is 3. The summed E-state index contributed by atoms with van der Waals surface area (Å²) in [5.41, 5.74) is 1.48. The molecule has 3 aromatic carbocycles. The quantitative estimate of drug-likeness (QED) is 0.226. The van der Waals surface area contributed by atoms with Crippen molar-refractivity contribution in [2.45, 2.75) is 77.6 Å². The molecule has 3 fully saturated rings. The van der Waals surface area contributed by atoms with Gasteiger partial charge in [-0.25, -0.2) is 8.78 Å². The molecule has 2 saturated heterocycles. The maximum atomic E-state index is 13.8. The summed E-state index contributed by atoms with van der Waals surface area (Å²) in [5, 5.41) is 15.0. The van der Waals surface area contributed by atoms with Crippen molar-refractivity contribution in [3.63, 3.8) is 0 Å². The highest BCUT2D eigenvalue weighted by Gasteiger charge is 2.64. The van der Waals surface area contributed by atoms with Gasteiger partial charge in [0.2, 0.25) is 5.91 Å². The van der Waals surface area contributed by atoms with E-state index in [4.69, 9.17) is 21.1 Å². The third-order valence-electron chi connectivity index (χ3n) is 12.1. The van der Waals surface area contributed by atoms with Gasteiger partial charge in [-0.2, -0.15) is 5.26 Å². The molecule has 3 aliphatic heterocycles. The average Bonchev–Trinajstić information content (AvgIpc) is 3.43. The van der Waals surface area contributed by atoms with Gasteiger partial charge in [0.15, 0.2) is 0 Å². The van der Waals surface area contributed by atoms with Crippen LogP contribution in [-0.4, -0.2) is 103 Å². The third kappa shape index (κ3) is 7.69. The van der Waals surface area contributed by atoms with E-state index in [1.54, 1.807) is 24.3 Å². The van der Waals surface area contributed by atoms with Gasteiger partial charge in [0.1, 0.15) is 36.3 Å². The summed E-state index contributed by atoms with van der Waals surface area (Å²) in [6, 6.07) is 16.7. The molecule has 15 heteroatoms.